The van der Waals surface area contributed by atoms with Crippen molar-refractivity contribution in [1.29, 1.82) is 0 Å². The van der Waals surface area contributed by atoms with E-state index in [1.54, 1.807) is 6.33 Å². The number of rotatable bonds is 9. The van der Waals surface area contributed by atoms with Gasteiger partial charge in [-0.15, -0.1) is 0 Å². The van der Waals surface area contributed by atoms with Gasteiger partial charge in [0.05, 0.1) is 11.4 Å². The zero-order valence-electron chi connectivity index (χ0n) is 20.1. The third kappa shape index (κ3) is 6.07. The normalized spacial score (nSPS) is 18.2. The number of hydrazone groups is 1. The largest absolute Gasteiger partial charge is 0.361 e. The summed E-state index contributed by atoms with van der Waals surface area (Å²) in [5.74, 6) is 6.20. The summed E-state index contributed by atoms with van der Waals surface area (Å²) in [6.07, 6.45) is 5.82. The average molecular weight is 465 g/mol. The minimum Gasteiger partial charge on any atom is -0.361 e. The predicted octanol–water partition coefficient (Wildman–Crippen LogP) is 4.32. The van der Waals surface area contributed by atoms with Gasteiger partial charge in [-0.25, -0.2) is 9.97 Å². The maximum Gasteiger partial charge on any atom is 0.145 e. The number of likely N-dealkylation sites (tertiary alicyclic amines) is 1. The molecule has 1 aliphatic rings. The van der Waals surface area contributed by atoms with E-state index in [0.29, 0.717) is 6.73 Å². The Morgan fingerprint density at radius 2 is 2.00 bits per heavy atom. The van der Waals surface area contributed by atoms with E-state index in [1.165, 1.54) is 5.56 Å². The zero-order valence-corrected chi connectivity index (χ0v) is 21.1. The lowest BCUT2D eigenvalue weighted by molar-refractivity contribution is 0.0899. The molecule has 176 valence electrons. The van der Waals surface area contributed by atoms with Crippen molar-refractivity contribution in [2.75, 3.05) is 19.7 Å². The molecule has 0 spiro atoms. The highest BCUT2D eigenvalue weighted by Crippen LogP contribution is 2.26. The minimum atomic E-state index is -1.11. The first-order chi connectivity index (χ1) is 15.9. The lowest BCUT2D eigenvalue weighted by atomic mass is 9.90. The van der Waals surface area contributed by atoms with Crippen LogP contribution in [0.1, 0.15) is 24.1 Å². The van der Waals surface area contributed by atoms with Crippen LogP contribution < -0.4 is 5.84 Å². The second-order valence-corrected chi connectivity index (χ2v) is 15.8. The van der Waals surface area contributed by atoms with E-state index in [2.05, 4.69) is 76.0 Å². The molecule has 4 rings (SSSR count). The third-order valence-corrected chi connectivity index (χ3v) is 8.01. The van der Waals surface area contributed by atoms with E-state index < -0.39 is 8.07 Å². The van der Waals surface area contributed by atoms with Gasteiger partial charge in [0.2, 0.25) is 0 Å². The van der Waals surface area contributed by atoms with Crippen molar-refractivity contribution in [2.45, 2.75) is 51.8 Å². The number of hydrogen-bond donors (Lipinski definition) is 1. The van der Waals surface area contributed by atoms with E-state index >= 15 is 0 Å². The highest BCUT2D eigenvalue weighted by Gasteiger charge is 2.27. The minimum absolute atomic E-state index is 0.252. The number of nitrogens with two attached hydrogens (primary N) is 1. The van der Waals surface area contributed by atoms with Crippen molar-refractivity contribution in [2.24, 2.45) is 16.9 Å². The van der Waals surface area contributed by atoms with Crippen LogP contribution in [0.25, 0.3) is 11.0 Å². The number of piperidine rings is 1. The molecule has 1 atom stereocenters. The maximum absolute atomic E-state index is 5.95. The molecule has 33 heavy (non-hydrogen) atoms. The fraction of sp³-hybridized carbons (Fsp3) is 0.480. The lowest BCUT2D eigenvalue weighted by Crippen LogP contribution is -2.39. The first-order valence-corrected chi connectivity index (χ1v) is 15.6. The molecule has 0 saturated carbocycles. The second kappa shape index (κ2) is 10.6. The predicted molar refractivity (Wildman–Crippen MR) is 137 cm³/mol. The Morgan fingerprint density at radius 3 is 2.76 bits per heavy atom. The third-order valence-electron chi connectivity index (χ3n) is 6.31. The van der Waals surface area contributed by atoms with Crippen LogP contribution in [0.15, 0.2) is 54.0 Å². The molecule has 0 radical (unpaired) electrons. The Labute approximate surface area is 197 Å². The van der Waals surface area contributed by atoms with E-state index in [0.717, 1.165) is 67.6 Å². The molecule has 1 aliphatic heterocycles. The summed E-state index contributed by atoms with van der Waals surface area (Å²) in [4.78, 5) is 11.6. The van der Waals surface area contributed by atoms with Crippen LogP contribution in [-0.4, -0.2) is 52.9 Å². The Morgan fingerprint density at radius 1 is 1.18 bits per heavy atom. The summed E-state index contributed by atoms with van der Waals surface area (Å²) in [6.45, 7) is 11.3. The number of aromatic nitrogens is 3. The van der Waals surface area contributed by atoms with Crippen LogP contribution in [0.3, 0.4) is 0 Å². The smallest absolute Gasteiger partial charge is 0.145 e. The fourth-order valence-electron chi connectivity index (χ4n) is 4.48. The standard InChI is InChI=1S/C25H36N6OSi/c1-33(2,3)15-14-32-19-31-13-11-22-24(27-18-28-25(22)31)23(29-26)21-10-7-12-30(17-21)16-20-8-5-4-6-9-20/h4-6,8-9,11,13,18,21H,7,10,12,14-17,19,26H2,1-3H3. The topological polar surface area (TPSA) is 81.6 Å². The molecule has 2 N–H and O–H groups in total. The molecule has 0 bridgehead atoms. The van der Waals surface area contributed by atoms with Gasteiger partial charge in [0.25, 0.3) is 0 Å². The number of fused-ring (bicyclic) bond motifs is 1. The van der Waals surface area contributed by atoms with Crippen LogP contribution in [-0.2, 0) is 18.0 Å². The first-order valence-electron chi connectivity index (χ1n) is 11.9. The van der Waals surface area contributed by atoms with Gasteiger partial charge < -0.3 is 15.1 Å². The van der Waals surface area contributed by atoms with Crippen molar-refractivity contribution in [3.63, 3.8) is 0 Å². The van der Waals surface area contributed by atoms with Crippen LogP contribution in [0.4, 0.5) is 0 Å². The van der Waals surface area contributed by atoms with E-state index in [9.17, 15) is 0 Å². The van der Waals surface area contributed by atoms with Crippen LogP contribution in [0.5, 0.6) is 0 Å². The van der Waals surface area contributed by atoms with Crippen molar-refractivity contribution >= 4 is 24.8 Å². The molecule has 3 aromatic rings. The highest BCUT2D eigenvalue weighted by atomic mass is 28.3. The Balaban J connectivity index is 1.48. The summed E-state index contributed by atoms with van der Waals surface area (Å²) in [5.41, 5.74) is 3.92. The first kappa shape index (κ1) is 23.6. The number of ether oxygens (including phenoxy) is 1. The van der Waals surface area contributed by atoms with E-state index in [-0.39, 0.29) is 5.92 Å². The summed E-state index contributed by atoms with van der Waals surface area (Å²) in [7, 11) is -1.11. The van der Waals surface area contributed by atoms with Gasteiger partial charge >= 0.3 is 0 Å². The molecule has 2 aromatic heterocycles. The summed E-state index contributed by atoms with van der Waals surface area (Å²) in [6, 6.07) is 13.8. The van der Waals surface area contributed by atoms with E-state index in [1.807, 2.05) is 10.8 Å². The summed E-state index contributed by atoms with van der Waals surface area (Å²) < 4.78 is 7.99. The zero-order chi connectivity index (χ0) is 23.3. The highest BCUT2D eigenvalue weighted by molar-refractivity contribution is 6.76. The molecule has 1 fully saturated rings. The van der Waals surface area contributed by atoms with Crippen molar-refractivity contribution in [3.05, 3.63) is 60.2 Å². The van der Waals surface area contributed by atoms with Gasteiger partial charge in [0, 0.05) is 45.3 Å². The van der Waals surface area contributed by atoms with Gasteiger partial charge in [0.15, 0.2) is 0 Å². The Kier molecular flexibility index (Phi) is 7.57. The molecule has 1 unspecified atom stereocenters. The van der Waals surface area contributed by atoms with Gasteiger partial charge in [-0.3, -0.25) is 4.90 Å². The summed E-state index contributed by atoms with van der Waals surface area (Å²) in [5, 5.41) is 5.23. The van der Waals surface area contributed by atoms with Gasteiger partial charge in [-0.1, -0.05) is 50.0 Å². The number of hydrogen-bond acceptors (Lipinski definition) is 6. The van der Waals surface area contributed by atoms with Gasteiger partial charge in [0.1, 0.15) is 18.7 Å². The Hall–Kier alpha value is -2.55. The molecule has 0 amide bonds. The molecule has 0 aliphatic carbocycles. The number of benzene rings is 1. The maximum atomic E-state index is 5.95. The fourth-order valence-corrected chi connectivity index (χ4v) is 5.23. The molecule has 1 saturated heterocycles. The molecule has 7 nitrogen and oxygen atoms in total. The molecule has 3 heterocycles. The van der Waals surface area contributed by atoms with Crippen LogP contribution >= 0.6 is 0 Å². The van der Waals surface area contributed by atoms with Crippen LogP contribution in [0, 0.1) is 5.92 Å². The van der Waals surface area contributed by atoms with Crippen molar-refractivity contribution < 1.29 is 4.74 Å². The molecule has 1 aromatic carbocycles. The molecular formula is C25H36N6OSi. The molecule has 8 heteroatoms. The second-order valence-electron chi connectivity index (χ2n) is 10.2. The quantitative estimate of drug-likeness (QED) is 0.168. The Bertz CT molecular complexity index is 1080. The van der Waals surface area contributed by atoms with Gasteiger partial charge in [-0.2, -0.15) is 5.10 Å². The summed E-state index contributed by atoms with van der Waals surface area (Å²) >= 11 is 0. The average Bonchev–Trinajstić information content (AvgIpc) is 3.21. The van der Waals surface area contributed by atoms with Crippen molar-refractivity contribution in [1.82, 2.24) is 19.4 Å². The molecular weight excluding hydrogens is 428 g/mol. The lowest BCUT2D eigenvalue weighted by Gasteiger charge is -2.33. The van der Waals surface area contributed by atoms with E-state index in [4.69, 9.17) is 10.6 Å². The monoisotopic (exact) mass is 464 g/mol. The SMILES string of the molecule is C[Si](C)(C)CCOCn1ccc2c(C(=NN)C3CCCN(Cc4ccccc4)C3)ncnc21. The van der Waals surface area contributed by atoms with Gasteiger partial charge in [-0.05, 0) is 37.1 Å². The van der Waals surface area contributed by atoms with Crippen LogP contribution in [0.2, 0.25) is 25.7 Å². The van der Waals surface area contributed by atoms with Crippen molar-refractivity contribution in [3.8, 4) is 0 Å². The number of nitrogens with zero attached hydrogens (tertiary/aromatic N) is 5.